The minimum absolute atomic E-state index is 0.659. The second-order valence-electron chi connectivity index (χ2n) is 4.65. The van der Waals surface area contributed by atoms with Crippen LogP contribution in [-0.4, -0.2) is 33.9 Å². The van der Waals surface area contributed by atoms with Crippen LogP contribution in [0.5, 0.6) is 5.75 Å². The van der Waals surface area contributed by atoms with Crippen LogP contribution in [0.1, 0.15) is 18.9 Å². The Kier molecular flexibility index (Phi) is 7.46. The molecule has 0 saturated heterocycles. The van der Waals surface area contributed by atoms with Crippen molar-refractivity contribution in [3.63, 3.8) is 0 Å². The van der Waals surface area contributed by atoms with E-state index in [2.05, 4.69) is 24.4 Å². The van der Waals surface area contributed by atoms with E-state index in [0.29, 0.717) is 5.92 Å². The van der Waals surface area contributed by atoms with Gasteiger partial charge >= 0.3 is 0 Å². The zero-order chi connectivity index (χ0) is 13.2. The van der Waals surface area contributed by atoms with Crippen molar-refractivity contribution in [2.45, 2.75) is 19.8 Å². The molecule has 1 aromatic rings. The summed E-state index contributed by atoms with van der Waals surface area (Å²) in [6.07, 6.45) is 2.23. The van der Waals surface area contributed by atoms with Gasteiger partial charge in [0.1, 0.15) is 5.75 Å². The van der Waals surface area contributed by atoms with E-state index in [-0.39, 0.29) is 0 Å². The maximum Gasteiger partial charge on any atom is 0.122 e. The van der Waals surface area contributed by atoms with Crippen molar-refractivity contribution >= 4 is 0 Å². The van der Waals surface area contributed by atoms with Crippen LogP contribution in [0.15, 0.2) is 24.3 Å². The molecule has 0 saturated carbocycles. The molecule has 0 aliphatic heterocycles. The van der Waals surface area contributed by atoms with E-state index in [1.807, 2.05) is 12.1 Å². The third kappa shape index (κ3) is 5.52. The molecule has 0 aliphatic carbocycles. The fourth-order valence-corrected chi connectivity index (χ4v) is 1.94. The van der Waals surface area contributed by atoms with Crippen molar-refractivity contribution in [3.8, 4) is 5.75 Å². The maximum absolute atomic E-state index is 5.36. The summed E-state index contributed by atoms with van der Waals surface area (Å²) < 4.78 is 10.4. The summed E-state index contributed by atoms with van der Waals surface area (Å²) in [7, 11) is 3.46. The van der Waals surface area contributed by atoms with Gasteiger partial charge in [-0.3, -0.25) is 0 Å². The molecule has 1 N–H and O–H groups in total. The van der Waals surface area contributed by atoms with E-state index in [9.17, 15) is 0 Å². The lowest BCUT2D eigenvalue weighted by atomic mass is 10.0. The second kappa shape index (κ2) is 8.95. The molecule has 1 atom stereocenters. The van der Waals surface area contributed by atoms with Crippen molar-refractivity contribution in [3.05, 3.63) is 29.8 Å². The third-order valence-electron chi connectivity index (χ3n) is 3.07. The van der Waals surface area contributed by atoms with Crippen molar-refractivity contribution in [2.75, 3.05) is 33.9 Å². The van der Waals surface area contributed by atoms with Gasteiger partial charge in [0.25, 0.3) is 0 Å². The molecule has 0 bridgehead atoms. The molecule has 0 amide bonds. The second-order valence-corrected chi connectivity index (χ2v) is 4.65. The molecule has 3 nitrogen and oxygen atoms in total. The molecule has 1 rings (SSSR count). The van der Waals surface area contributed by atoms with Crippen molar-refractivity contribution in [1.29, 1.82) is 0 Å². The van der Waals surface area contributed by atoms with Gasteiger partial charge in [0.05, 0.1) is 13.7 Å². The van der Waals surface area contributed by atoms with Crippen molar-refractivity contribution in [1.82, 2.24) is 5.32 Å². The van der Waals surface area contributed by atoms with E-state index in [4.69, 9.17) is 9.47 Å². The fourth-order valence-electron chi connectivity index (χ4n) is 1.94. The van der Waals surface area contributed by atoms with Crippen LogP contribution >= 0.6 is 0 Å². The van der Waals surface area contributed by atoms with Gasteiger partial charge < -0.3 is 14.8 Å². The Hall–Kier alpha value is -1.06. The molecule has 1 aromatic carbocycles. The van der Waals surface area contributed by atoms with E-state index in [0.717, 1.165) is 31.9 Å². The van der Waals surface area contributed by atoms with Crippen LogP contribution < -0.4 is 10.1 Å². The monoisotopic (exact) mass is 251 g/mol. The number of benzene rings is 1. The molecule has 0 heterocycles. The number of ether oxygens (including phenoxy) is 2. The topological polar surface area (TPSA) is 30.5 Å². The van der Waals surface area contributed by atoms with Gasteiger partial charge in [0, 0.05) is 13.7 Å². The Morgan fingerprint density at radius 1 is 1.22 bits per heavy atom. The standard InChI is InChI=1S/C15H25NO2/c1-13(12-16-10-11-17-2)8-9-14-6-4-5-7-15(14)18-3/h4-7,13,16H,8-12H2,1-3H3. The molecule has 0 aliphatic rings. The number of methoxy groups -OCH3 is 2. The number of hydrogen-bond donors (Lipinski definition) is 1. The largest absolute Gasteiger partial charge is 0.496 e. The van der Waals surface area contributed by atoms with Gasteiger partial charge in [-0.25, -0.2) is 0 Å². The van der Waals surface area contributed by atoms with E-state index < -0.39 is 0 Å². The highest BCUT2D eigenvalue weighted by Crippen LogP contribution is 2.20. The highest BCUT2D eigenvalue weighted by Gasteiger charge is 2.05. The van der Waals surface area contributed by atoms with Gasteiger partial charge in [-0.1, -0.05) is 25.1 Å². The summed E-state index contributed by atoms with van der Waals surface area (Å²) >= 11 is 0. The molecule has 3 heteroatoms. The van der Waals surface area contributed by atoms with Crippen LogP contribution in [0.25, 0.3) is 0 Å². The molecule has 0 fully saturated rings. The SMILES string of the molecule is COCCNCC(C)CCc1ccccc1OC. The molecule has 1 unspecified atom stereocenters. The lowest BCUT2D eigenvalue weighted by Crippen LogP contribution is -2.25. The fraction of sp³-hybridized carbons (Fsp3) is 0.600. The lowest BCUT2D eigenvalue weighted by Gasteiger charge is -2.13. The molecular formula is C15H25NO2. The van der Waals surface area contributed by atoms with E-state index in [1.165, 1.54) is 12.0 Å². The van der Waals surface area contributed by atoms with E-state index in [1.54, 1.807) is 14.2 Å². The predicted molar refractivity (Wildman–Crippen MR) is 75.2 cm³/mol. The first-order chi connectivity index (χ1) is 8.77. The van der Waals surface area contributed by atoms with Crippen LogP contribution in [0.3, 0.4) is 0 Å². The third-order valence-corrected chi connectivity index (χ3v) is 3.07. The molecule has 0 aromatic heterocycles. The van der Waals surface area contributed by atoms with Gasteiger partial charge in [0.2, 0.25) is 0 Å². The Bertz CT molecular complexity index is 328. The van der Waals surface area contributed by atoms with E-state index >= 15 is 0 Å². The molecule has 18 heavy (non-hydrogen) atoms. The first kappa shape index (κ1) is 15.0. The summed E-state index contributed by atoms with van der Waals surface area (Å²) in [6, 6.07) is 8.25. The number of para-hydroxylation sites is 1. The van der Waals surface area contributed by atoms with Crippen LogP contribution in [0.4, 0.5) is 0 Å². The summed E-state index contributed by atoms with van der Waals surface area (Å²) in [5, 5.41) is 3.39. The van der Waals surface area contributed by atoms with Crippen LogP contribution in [-0.2, 0) is 11.2 Å². The van der Waals surface area contributed by atoms with Gasteiger partial charge in [-0.15, -0.1) is 0 Å². The van der Waals surface area contributed by atoms with Gasteiger partial charge in [-0.05, 0) is 36.9 Å². The van der Waals surface area contributed by atoms with Crippen molar-refractivity contribution < 1.29 is 9.47 Å². The highest BCUT2D eigenvalue weighted by atomic mass is 16.5. The molecule has 0 spiro atoms. The Balaban J connectivity index is 2.26. The quantitative estimate of drug-likeness (QED) is 0.684. The first-order valence-electron chi connectivity index (χ1n) is 6.59. The smallest absolute Gasteiger partial charge is 0.122 e. The minimum Gasteiger partial charge on any atom is -0.496 e. The number of rotatable bonds is 9. The molecular weight excluding hydrogens is 226 g/mol. The molecule has 102 valence electrons. The zero-order valence-electron chi connectivity index (χ0n) is 11.7. The van der Waals surface area contributed by atoms with Gasteiger partial charge in [-0.2, -0.15) is 0 Å². The summed E-state index contributed by atoms with van der Waals surface area (Å²) in [5.41, 5.74) is 1.30. The lowest BCUT2D eigenvalue weighted by molar-refractivity contribution is 0.198. The summed E-state index contributed by atoms with van der Waals surface area (Å²) in [4.78, 5) is 0. The Morgan fingerprint density at radius 2 is 2.00 bits per heavy atom. The van der Waals surface area contributed by atoms with Gasteiger partial charge in [0.15, 0.2) is 0 Å². The predicted octanol–water partition coefficient (Wildman–Crippen LogP) is 2.50. The number of hydrogen-bond acceptors (Lipinski definition) is 3. The number of nitrogens with one attached hydrogen (secondary N) is 1. The number of aryl methyl sites for hydroxylation is 1. The summed E-state index contributed by atoms with van der Waals surface area (Å²) in [6.45, 7) is 5.02. The van der Waals surface area contributed by atoms with Crippen molar-refractivity contribution in [2.24, 2.45) is 5.92 Å². The maximum atomic E-state index is 5.36. The normalized spacial score (nSPS) is 12.4. The molecule has 0 radical (unpaired) electrons. The highest BCUT2D eigenvalue weighted by molar-refractivity contribution is 5.33. The zero-order valence-corrected chi connectivity index (χ0v) is 11.7. The Labute approximate surface area is 110 Å². The average Bonchev–Trinajstić information content (AvgIpc) is 2.41. The first-order valence-corrected chi connectivity index (χ1v) is 6.59. The van der Waals surface area contributed by atoms with Crippen LogP contribution in [0.2, 0.25) is 0 Å². The minimum atomic E-state index is 0.659. The Morgan fingerprint density at radius 3 is 2.72 bits per heavy atom. The average molecular weight is 251 g/mol. The summed E-state index contributed by atoms with van der Waals surface area (Å²) in [5.74, 6) is 1.66. The van der Waals surface area contributed by atoms with Crippen LogP contribution in [0, 0.1) is 5.92 Å².